The highest BCUT2D eigenvalue weighted by molar-refractivity contribution is 7.99. The number of thiophene rings is 1. The van der Waals surface area contributed by atoms with Gasteiger partial charge in [-0.2, -0.15) is 4.31 Å². The molecular weight excluding hydrogens is 468 g/mol. The summed E-state index contributed by atoms with van der Waals surface area (Å²) in [6.07, 6.45) is 0. The van der Waals surface area contributed by atoms with E-state index < -0.39 is 10.0 Å². The van der Waals surface area contributed by atoms with Gasteiger partial charge < -0.3 is 10.7 Å². The average Bonchev–Trinajstić information content (AvgIpc) is 3.41. The predicted molar refractivity (Wildman–Crippen MR) is 125 cm³/mol. The molecule has 1 amide bonds. The fraction of sp³-hybridized carbons (Fsp3) is 0.350. The first-order chi connectivity index (χ1) is 15.3. The van der Waals surface area contributed by atoms with Gasteiger partial charge in [0.15, 0.2) is 5.82 Å². The summed E-state index contributed by atoms with van der Waals surface area (Å²) in [5, 5.41) is 10.6. The van der Waals surface area contributed by atoms with Gasteiger partial charge in [0.05, 0.1) is 15.5 Å². The minimum Gasteiger partial charge on any atom is -0.339 e. The number of nitrogens with zero attached hydrogens (tertiary/aromatic N) is 5. The largest absolute Gasteiger partial charge is 0.339 e. The number of carbonyl (C=O) groups is 1. The Labute approximate surface area is 195 Å². The van der Waals surface area contributed by atoms with Gasteiger partial charge in [-0.15, -0.1) is 21.5 Å². The molecule has 0 unspecified atom stereocenters. The fourth-order valence-corrected chi connectivity index (χ4v) is 6.67. The minimum atomic E-state index is -3.59. The summed E-state index contributed by atoms with van der Waals surface area (Å²) in [6.45, 7) is 4.96. The van der Waals surface area contributed by atoms with Crippen LogP contribution in [0.25, 0.3) is 10.7 Å². The first kappa shape index (κ1) is 22.8. The number of hydrogen-bond acceptors (Lipinski definition) is 8. The number of sulfonamides is 1. The molecule has 32 heavy (non-hydrogen) atoms. The Hall–Kier alpha value is -2.41. The molecule has 4 rings (SSSR count). The zero-order chi connectivity index (χ0) is 22.9. The second kappa shape index (κ2) is 9.22. The van der Waals surface area contributed by atoms with Crippen LogP contribution in [0.2, 0.25) is 0 Å². The van der Waals surface area contributed by atoms with E-state index in [1.54, 1.807) is 24.0 Å². The zero-order valence-electron chi connectivity index (χ0n) is 17.8. The first-order valence-electron chi connectivity index (χ1n) is 9.99. The van der Waals surface area contributed by atoms with Crippen LogP contribution >= 0.6 is 23.1 Å². The third kappa shape index (κ3) is 4.53. The van der Waals surface area contributed by atoms with Crippen molar-refractivity contribution in [1.82, 2.24) is 24.1 Å². The van der Waals surface area contributed by atoms with Crippen LogP contribution in [0.5, 0.6) is 0 Å². The number of amides is 1. The number of aromatic nitrogens is 3. The summed E-state index contributed by atoms with van der Waals surface area (Å²) in [6, 6.07) is 9.14. The molecule has 0 atom stereocenters. The molecule has 170 valence electrons. The molecule has 2 N–H and O–H groups in total. The predicted octanol–water partition coefficient (Wildman–Crippen LogP) is 1.96. The Balaban J connectivity index is 1.34. The van der Waals surface area contributed by atoms with Crippen LogP contribution in [-0.2, 0) is 14.8 Å². The number of nitrogen functional groups attached to an aromatic ring is 1. The van der Waals surface area contributed by atoms with Gasteiger partial charge in [0.2, 0.25) is 21.1 Å². The lowest BCUT2D eigenvalue weighted by atomic mass is 10.2. The molecule has 2 aromatic heterocycles. The minimum absolute atomic E-state index is 0.0840. The second-order valence-electron chi connectivity index (χ2n) is 7.50. The Morgan fingerprint density at radius 2 is 1.91 bits per heavy atom. The summed E-state index contributed by atoms with van der Waals surface area (Å²) in [5.74, 6) is 6.71. The van der Waals surface area contributed by atoms with Gasteiger partial charge >= 0.3 is 0 Å². The van der Waals surface area contributed by atoms with E-state index in [2.05, 4.69) is 10.2 Å². The maximum absolute atomic E-state index is 13.0. The van der Waals surface area contributed by atoms with E-state index in [1.807, 2.05) is 30.5 Å². The average molecular weight is 493 g/mol. The third-order valence-electron chi connectivity index (χ3n) is 5.27. The molecule has 0 saturated carbocycles. The van der Waals surface area contributed by atoms with Crippen molar-refractivity contribution in [2.24, 2.45) is 0 Å². The van der Waals surface area contributed by atoms with E-state index in [4.69, 9.17) is 5.84 Å². The molecule has 9 nitrogen and oxygen atoms in total. The SMILES string of the molecule is Cc1ccc(S(=O)(=O)N2CCN(C(=O)CSc3nnc(-c4cccs4)n3N)CC2)c(C)c1. The van der Waals surface area contributed by atoms with Crippen molar-refractivity contribution in [1.29, 1.82) is 0 Å². The number of aryl methyl sites for hydroxylation is 2. The zero-order valence-corrected chi connectivity index (χ0v) is 20.2. The van der Waals surface area contributed by atoms with Gasteiger partial charge in [0.1, 0.15) is 0 Å². The highest BCUT2D eigenvalue weighted by atomic mass is 32.2. The van der Waals surface area contributed by atoms with Gasteiger partial charge in [-0.3, -0.25) is 4.79 Å². The van der Waals surface area contributed by atoms with Crippen molar-refractivity contribution in [3.8, 4) is 10.7 Å². The fourth-order valence-electron chi connectivity index (χ4n) is 3.57. The number of hydrogen-bond donors (Lipinski definition) is 1. The molecule has 0 aliphatic carbocycles. The van der Waals surface area contributed by atoms with Gasteiger partial charge in [0, 0.05) is 26.2 Å². The standard InChI is InChI=1S/C20H24N6O3S3/c1-14-5-6-17(15(2)12-14)32(28,29)25-9-7-24(8-10-25)18(27)13-31-20-23-22-19(26(20)21)16-4-3-11-30-16/h3-6,11-12H,7-10,13,21H2,1-2H3. The number of nitrogens with two attached hydrogens (primary N) is 1. The molecule has 1 aliphatic heterocycles. The summed E-state index contributed by atoms with van der Waals surface area (Å²) in [5.41, 5.74) is 1.75. The summed E-state index contributed by atoms with van der Waals surface area (Å²) < 4.78 is 28.9. The molecule has 1 saturated heterocycles. The Kier molecular flexibility index (Phi) is 6.56. The van der Waals surface area contributed by atoms with Crippen molar-refractivity contribution in [2.75, 3.05) is 37.8 Å². The molecule has 0 spiro atoms. The first-order valence-corrected chi connectivity index (χ1v) is 13.3. The highest BCUT2D eigenvalue weighted by Gasteiger charge is 2.31. The molecular formula is C20H24N6O3S3. The van der Waals surface area contributed by atoms with Crippen molar-refractivity contribution in [2.45, 2.75) is 23.9 Å². The van der Waals surface area contributed by atoms with E-state index in [1.165, 1.54) is 32.1 Å². The van der Waals surface area contributed by atoms with E-state index in [-0.39, 0.29) is 24.7 Å². The van der Waals surface area contributed by atoms with Crippen molar-refractivity contribution in [3.63, 3.8) is 0 Å². The number of rotatable bonds is 6. The molecule has 1 fully saturated rings. The van der Waals surface area contributed by atoms with Gasteiger partial charge in [0.25, 0.3) is 0 Å². The maximum Gasteiger partial charge on any atom is 0.243 e. The summed E-state index contributed by atoms with van der Waals surface area (Å²) in [4.78, 5) is 15.6. The molecule has 3 heterocycles. The van der Waals surface area contributed by atoms with Crippen LogP contribution in [0, 0.1) is 13.8 Å². The second-order valence-corrected chi connectivity index (χ2v) is 11.3. The number of thioether (sulfide) groups is 1. The van der Waals surface area contributed by atoms with E-state index in [0.717, 1.165) is 16.0 Å². The lowest BCUT2D eigenvalue weighted by Gasteiger charge is -2.34. The van der Waals surface area contributed by atoms with Crippen LogP contribution in [0.4, 0.5) is 0 Å². The number of benzene rings is 1. The van der Waals surface area contributed by atoms with Crippen molar-refractivity contribution < 1.29 is 13.2 Å². The molecule has 12 heteroatoms. The molecule has 0 radical (unpaired) electrons. The van der Waals surface area contributed by atoms with Crippen molar-refractivity contribution in [3.05, 3.63) is 46.8 Å². The summed E-state index contributed by atoms with van der Waals surface area (Å²) in [7, 11) is -3.59. The molecule has 0 bridgehead atoms. The van der Waals surface area contributed by atoms with Gasteiger partial charge in [-0.05, 0) is 36.9 Å². The molecule has 1 aliphatic rings. The molecule has 3 aromatic rings. The topological polar surface area (TPSA) is 114 Å². The Bertz CT molecular complexity index is 1220. The van der Waals surface area contributed by atoms with Gasteiger partial charge in [-0.25, -0.2) is 13.1 Å². The van der Waals surface area contributed by atoms with Crippen LogP contribution in [0.1, 0.15) is 11.1 Å². The number of piperazine rings is 1. The van der Waals surface area contributed by atoms with Crippen LogP contribution in [0.15, 0.2) is 45.8 Å². The van der Waals surface area contributed by atoms with E-state index in [9.17, 15) is 13.2 Å². The van der Waals surface area contributed by atoms with Crippen LogP contribution in [-0.4, -0.2) is 70.3 Å². The number of carbonyl (C=O) groups excluding carboxylic acids is 1. The Morgan fingerprint density at radius 1 is 1.16 bits per heavy atom. The lowest BCUT2D eigenvalue weighted by molar-refractivity contribution is -0.129. The third-order valence-corrected chi connectivity index (χ3v) is 9.12. The maximum atomic E-state index is 13.0. The smallest absolute Gasteiger partial charge is 0.243 e. The highest BCUT2D eigenvalue weighted by Crippen LogP contribution is 2.26. The Morgan fingerprint density at radius 3 is 2.56 bits per heavy atom. The van der Waals surface area contributed by atoms with Crippen LogP contribution in [0.3, 0.4) is 0 Å². The molecule has 1 aromatic carbocycles. The van der Waals surface area contributed by atoms with Crippen LogP contribution < -0.4 is 5.84 Å². The lowest BCUT2D eigenvalue weighted by Crippen LogP contribution is -2.51. The van der Waals surface area contributed by atoms with Gasteiger partial charge in [-0.1, -0.05) is 35.5 Å². The quantitative estimate of drug-likeness (QED) is 0.413. The van der Waals surface area contributed by atoms with E-state index in [0.29, 0.717) is 29.0 Å². The monoisotopic (exact) mass is 492 g/mol. The van der Waals surface area contributed by atoms with E-state index >= 15 is 0 Å². The summed E-state index contributed by atoms with van der Waals surface area (Å²) >= 11 is 2.73. The normalized spacial score (nSPS) is 15.2. The van der Waals surface area contributed by atoms with Crippen molar-refractivity contribution >= 4 is 39.0 Å².